The summed E-state index contributed by atoms with van der Waals surface area (Å²) in [5.41, 5.74) is 4.82. The van der Waals surface area contributed by atoms with Gasteiger partial charge < -0.3 is 10.1 Å². The second-order valence-electron chi connectivity index (χ2n) is 5.93. The largest absolute Gasteiger partial charge is 0.489 e. The smallest absolute Gasteiger partial charge is 0.120 e. The van der Waals surface area contributed by atoms with E-state index in [0.717, 1.165) is 29.3 Å². The van der Waals surface area contributed by atoms with Gasteiger partial charge in [-0.2, -0.15) is 0 Å². The van der Waals surface area contributed by atoms with Gasteiger partial charge >= 0.3 is 0 Å². The molecule has 0 saturated heterocycles. The molecule has 0 unspecified atom stereocenters. The van der Waals surface area contributed by atoms with Crippen LogP contribution in [0.1, 0.15) is 23.6 Å². The molecule has 0 aliphatic rings. The maximum atomic E-state index is 5.91. The monoisotopic (exact) mass is 351 g/mol. The highest BCUT2D eigenvalue weighted by Crippen LogP contribution is 2.19. The van der Waals surface area contributed by atoms with Crippen molar-refractivity contribution in [3.63, 3.8) is 0 Å². The summed E-state index contributed by atoms with van der Waals surface area (Å²) in [6, 6.07) is 24.4. The number of hydrogen-bond donors (Lipinski definition) is 1. The van der Waals surface area contributed by atoms with Gasteiger partial charge in [-0.3, -0.25) is 0 Å². The standard InChI is InChI=1S/C22H22ClNO/c1-2-19-7-3-4-9-22(19)24-15-18-6-5-8-21(14-18)25-16-17-10-12-20(23)13-11-17/h3-14,24H,2,15-16H2,1H3. The summed E-state index contributed by atoms with van der Waals surface area (Å²) in [5, 5.41) is 4.26. The van der Waals surface area contributed by atoms with Gasteiger partial charge in [-0.15, -0.1) is 0 Å². The number of ether oxygens (including phenoxy) is 1. The molecule has 0 saturated carbocycles. The van der Waals surface area contributed by atoms with Gasteiger partial charge in [0, 0.05) is 17.3 Å². The number of hydrogen-bond acceptors (Lipinski definition) is 2. The van der Waals surface area contributed by atoms with Gasteiger partial charge in [-0.25, -0.2) is 0 Å². The van der Waals surface area contributed by atoms with E-state index in [-0.39, 0.29) is 0 Å². The lowest BCUT2D eigenvalue weighted by Gasteiger charge is -2.12. The first-order valence-corrected chi connectivity index (χ1v) is 8.90. The molecule has 0 bridgehead atoms. The summed E-state index contributed by atoms with van der Waals surface area (Å²) in [7, 11) is 0. The van der Waals surface area contributed by atoms with Crippen molar-refractivity contribution < 1.29 is 4.74 Å². The number of nitrogens with one attached hydrogen (secondary N) is 1. The highest BCUT2D eigenvalue weighted by Gasteiger charge is 2.02. The highest BCUT2D eigenvalue weighted by atomic mass is 35.5. The number of halogens is 1. The average Bonchev–Trinajstić information content (AvgIpc) is 2.66. The molecular formula is C22H22ClNO. The van der Waals surface area contributed by atoms with E-state index in [1.54, 1.807) is 0 Å². The lowest BCUT2D eigenvalue weighted by atomic mass is 10.1. The Morgan fingerprint density at radius 1 is 0.880 bits per heavy atom. The molecule has 0 aliphatic carbocycles. The van der Waals surface area contributed by atoms with Gasteiger partial charge in [0.15, 0.2) is 0 Å². The van der Waals surface area contributed by atoms with E-state index in [1.165, 1.54) is 16.8 Å². The maximum Gasteiger partial charge on any atom is 0.120 e. The van der Waals surface area contributed by atoms with E-state index in [0.29, 0.717) is 6.61 Å². The average molecular weight is 352 g/mol. The second-order valence-corrected chi connectivity index (χ2v) is 6.36. The minimum absolute atomic E-state index is 0.534. The van der Waals surface area contributed by atoms with Crippen LogP contribution in [0.3, 0.4) is 0 Å². The van der Waals surface area contributed by atoms with Crippen LogP contribution in [0.2, 0.25) is 5.02 Å². The van der Waals surface area contributed by atoms with Crippen LogP contribution in [-0.4, -0.2) is 0 Å². The lowest BCUT2D eigenvalue weighted by Crippen LogP contribution is -2.02. The Morgan fingerprint density at radius 2 is 1.68 bits per heavy atom. The topological polar surface area (TPSA) is 21.3 Å². The number of rotatable bonds is 7. The van der Waals surface area contributed by atoms with Gasteiger partial charge in [-0.05, 0) is 53.4 Å². The third kappa shape index (κ3) is 5.01. The number of anilines is 1. The van der Waals surface area contributed by atoms with Gasteiger partial charge in [0.25, 0.3) is 0 Å². The first-order valence-electron chi connectivity index (χ1n) is 8.52. The zero-order valence-electron chi connectivity index (χ0n) is 14.3. The summed E-state index contributed by atoms with van der Waals surface area (Å²) in [4.78, 5) is 0. The zero-order valence-corrected chi connectivity index (χ0v) is 15.1. The molecule has 0 atom stereocenters. The fraction of sp³-hybridized carbons (Fsp3) is 0.182. The Bertz CT molecular complexity index is 814. The molecule has 0 fully saturated rings. The number of aryl methyl sites for hydroxylation is 1. The zero-order chi connectivity index (χ0) is 17.5. The molecule has 3 heteroatoms. The van der Waals surface area contributed by atoms with Crippen molar-refractivity contribution in [2.45, 2.75) is 26.5 Å². The molecule has 0 spiro atoms. The Morgan fingerprint density at radius 3 is 2.48 bits per heavy atom. The summed E-state index contributed by atoms with van der Waals surface area (Å²) in [6.07, 6.45) is 1.02. The third-order valence-corrected chi connectivity index (χ3v) is 4.35. The van der Waals surface area contributed by atoms with Gasteiger partial charge in [0.2, 0.25) is 0 Å². The molecule has 0 radical (unpaired) electrons. The molecule has 1 N–H and O–H groups in total. The van der Waals surface area contributed by atoms with Gasteiger partial charge in [0.05, 0.1) is 0 Å². The van der Waals surface area contributed by atoms with Crippen molar-refractivity contribution in [2.75, 3.05) is 5.32 Å². The van der Waals surface area contributed by atoms with Crippen LogP contribution in [0.15, 0.2) is 72.8 Å². The summed E-state index contributed by atoms with van der Waals surface area (Å²) < 4.78 is 5.90. The van der Waals surface area contributed by atoms with Gasteiger partial charge in [0.1, 0.15) is 12.4 Å². The molecule has 0 aromatic heterocycles. The Kier molecular flexibility index (Phi) is 5.97. The SMILES string of the molecule is CCc1ccccc1NCc1cccc(OCc2ccc(Cl)cc2)c1. The first-order chi connectivity index (χ1) is 12.2. The maximum absolute atomic E-state index is 5.91. The molecule has 128 valence electrons. The van der Waals surface area contributed by atoms with Crippen LogP contribution in [0.5, 0.6) is 5.75 Å². The van der Waals surface area contributed by atoms with E-state index in [9.17, 15) is 0 Å². The van der Waals surface area contributed by atoms with Crippen LogP contribution in [0.4, 0.5) is 5.69 Å². The van der Waals surface area contributed by atoms with E-state index in [1.807, 2.05) is 36.4 Å². The van der Waals surface area contributed by atoms with Crippen LogP contribution < -0.4 is 10.1 Å². The van der Waals surface area contributed by atoms with Crippen molar-refractivity contribution in [1.29, 1.82) is 0 Å². The molecule has 0 aliphatic heterocycles. The fourth-order valence-corrected chi connectivity index (χ4v) is 2.82. The second kappa shape index (κ2) is 8.59. The molecule has 25 heavy (non-hydrogen) atoms. The minimum atomic E-state index is 0.534. The lowest BCUT2D eigenvalue weighted by molar-refractivity contribution is 0.306. The highest BCUT2D eigenvalue weighted by molar-refractivity contribution is 6.30. The summed E-state index contributed by atoms with van der Waals surface area (Å²) >= 11 is 5.91. The van der Waals surface area contributed by atoms with Gasteiger partial charge in [-0.1, -0.05) is 61.0 Å². The molecule has 2 nitrogen and oxygen atoms in total. The van der Waals surface area contributed by atoms with E-state index < -0.39 is 0 Å². The van der Waals surface area contributed by atoms with E-state index in [2.05, 4.69) is 48.6 Å². The van der Waals surface area contributed by atoms with E-state index in [4.69, 9.17) is 16.3 Å². The Labute approximate surface area is 154 Å². The third-order valence-electron chi connectivity index (χ3n) is 4.10. The van der Waals surface area contributed by atoms with Crippen molar-refractivity contribution in [2.24, 2.45) is 0 Å². The van der Waals surface area contributed by atoms with Crippen LogP contribution >= 0.6 is 11.6 Å². The normalized spacial score (nSPS) is 10.5. The van der Waals surface area contributed by atoms with Crippen LogP contribution in [0.25, 0.3) is 0 Å². The Hall–Kier alpha value is -2.45. The number of para-hydroxylation sites is 1. The molecule has 3 aromatic rings. The van der Waals surface area contributed by atoms with Crippen LogP contribution in [-0.2, 0) is 19.6 Å². The molecular weight excluding hydrogens is 330 g/mol. The van der Waals surface area contributed by atoms with Crippen LogP contribution in [0, 0.1) is 0 Å². The summed E-state index contributed by atoms with van der Waals surface area (Å²) in [6.45, 7) is 3.48. The minimum Gasteiger partial charge on any atom is -0.489 e. The number of benzene rings is 3. The first kappa shape index (κ1) is 17.4. The molecule has 3 aromatic carbocycles. The molecule has 0 heterocycles. The predicted octanol–water partition coefficient (Wildman–Crippen LogP) is 6.09. The molecule has 3 rings (SSSR count). The quantitative estimate of drug-likeness (QED) is 0.555. The van der Waals surface area contributed by atoms with Crippen molar-refractivity contribution in [1.82, 2.24) is 0 Å². The fourth-order valence-electron chi connectivity index (χ4n) is 2.69. The summed E-state index contributed by atoms with van der Waals surface area (Å²) in [5.74, 6) is 0.873. The van der Waals surface area contributed by atoms with Crippen molar-refractivity contribution >= 4 is 17.3 Å². The predicted molar refractivity (Wildman–Crippen MR) is 105 cm³/mol. The van der Waals surface area contributed by atoms with Crippen molar-refractivity contribution in [3.05, 3.63) is 94.5 Å². The van der Waals surface area contributed by atoms with Crippen molar-refractivity contribution in [3.8, 4) is 5.75 Å². The Balaban J connectivity index is 1.60. The van der Waals surface area contributed by atoms with E-state index >= 15 is 0 Å². The molecule has 0 amide bonds.